The molecule has 0 aromatic rings. The van der Waals surface area contributed by atoms with Gasteiger partial charge in [0.25, 0.3) is 21.1 Å². The summed E-state index contributed by atoms with van der Waals surface area (Å²) in [6.45, 7) is 0. The van der Waals surface area contributed by atoms with Crippen LogP contribution in [-0.4, -0.2) is 0 Å². The maximum atomic E-state index is 8.57. The molecule has 0 radical (unpaired) electrons. The molecule has 4 nitrogen and oxygen atoms in total. The summed E-state index contributed by atoms with van der Waals surface area (Å²) >= 11 is -4.01. The summed E-state index contributed by atoms with van der Waals surface area (Å²) in [6, 6.07) is 0. The summed E-state index contributed by atoms with van der Waals surface area (Å²) in [4.78, 5) is 0. The van der Waals surface area contributed by atoms with Gasteiger partial charge in [-0.25, -0.2) is 0 Å². The molecule has 0 saturated heterocycles. The molecule has 0 atom stereocenters. The molecular weight excluding hydrogens is 189 g/mol. The highest BCUT2D eigenvalue weighted by atomic mass is 127. The highest BCUT2D eigenvalue weighted by molar-refractivity contribution is 2.13. The SMILES string of the molecule is [NH4+].[O-][I+2]([O-])[O-]. The molecule has 0 spiro atoms. The number of halogens is 1. The van der Waals surface area contributed by atoms with Gasteiger partial charge in [-0.3, -0.25) is 0 Å². The first kappa shape index (κ1) is 9.13. The van der Waals surface area contributed by atoms with Gasteiger partial charge in [0, 0.05) is 0 Å². The van der Waals surface area contributed by atoms with Crippen LogP contribution >= 0.6 is 0 Å². The highest BCUT2D eigenvalue weighted by Crippen LogP contribution is -0.137. The molecule has 0 amide bonds. The zero-order valence-electron chi connectivity index (χ0n) is 2.60. The zero-order chi connectivity index (χ0) is 3.58. The van der Waals surface area contributed by atoms with E-state index in [4.69, 9.17) is 10.3 Å². The number of rotatable bonds is 0. The normalized spacial score (nSPS) is 7.20. The molecule has 0 saturated carbocycles. The van der Waals surface area contributed by atoms with E-state index in [-0.39, 0.29) is 6.15 Å². The molecule has 0 aliphatic carbocycles. The minimum Gasteiger partial charge on any atom is -0.427 e. The smallest absolute Gasteiger partial charge is 0.282 e. The van der Waals surface area contributed by atoms with E-state index in [9.17, 15) is 0 Å². The van der Waals surface area contributed by atoms with Gasteiger partial charge in [-0.05, 0) is 0 Å². The second-order valence-electron chi connectivity index (χ2n) is 0.189. The molecule has 0 aromatic heterocycles. The van der Waals surface area contributed by atoms with Crippen molar-refractivity contribution in [3.05, 3.63) is 0 Å². The van der Waals surface area contributed by atoms with Crippen LogP contribution in [-0.2, 0) is 0 Å². The van der Waals surface area contributed by atoms with Gasteiger partial charge in [-0.1, -0.05) is 0 Å². The van der Waals surface area contributed by atoms with E-state index >= 15 is 0 Å². The Labute approximate surface area is 38.1 Å². The Bertz CT molecular complexity index is 11.6. The van der Waals surface area contributed by atoms with Crippen LogP contribution < -0.4 is 37.5 Å². The highest BCUT2D eigenvalue weighted by Gasteiger charge is 1.70. The van der Waals surface area contributed by atoms with Gasteiger partial charge in [-0.2, -0.15) is 0 Å². The van der Waals surface area contributed by atoms with Crippen LogP contribution in [0.5, 0.6) is 0 Å². The number of quaternary nitrogens is 1. The van der Waals surface area contributed by atoms with Gasteiger partial charge < -0.3 is 16.5 Å². The van der Waals surface area contributed by atoms with Gasteiger partial charge in [0.1, 0.15) is 0 Å². The summed E-state index contributed by atoms with van der Waals surface area (Å²) in [6.07, 6.45) is 0. The van der Waals surface area contributed by atoms with Crippen molar-refractivity contribution in [2.75, 3.05) is 0 Å². The van der Waals surface area contributed by atoms with Crippen molar-refractivity contribution in [3.8, 4) is 0 Å². The summed E-state index contributed by atoms with van der Waals surface area (Å²) in [5, 5.41) is 0. The molecule has 0 aliphatic rings. The Kier molecular flexibility index (Phi) is 8.34. The van der Waals surface area contributed by atoms with Crippen molar-refractivity contribution in [2.45, 2.75) is 0 Å². The predicted molar refractivity (Wildman–Crippen MR) is 5.98 cm³/mol. The first-order valence-electron chi connectivity index (χ1n) is 0.463. The lowest BCUT2D eigenvalue weighted by atomic mass is 14.0. The van der Waals surface area contributed by atoms with Crippen LogP contribution in [0.1, 0.15) is 0 Å². The summed E-state index contributed by atoms with van der Waals surface area (Å²) in [5.74, 6) is 0. The van der Waals surface area contributed by atoms with Gasteiger partial charge in [0.2, 0.25) is 0 Å². The molecule has 0 fully saturated rings. The fourth-order valence-electron chi connectivity index (χ4n) is 0. The number of hydrogen-bond acceptors (Lipinski definition) is 3. The minimum absolute atomic E-state index is 0. The van der Waals surface area contributed by atoms with Crippen molar-refractivity contribution in [1.82, 2.24) is 6.15 Å². The van der Waals surface area contributed by atoms with Crippen LogP contribution in [0.2, 0.25) is 0 Å². The van der Waals surface area contributed by atoms with Gasteiger partial charge in [0.05, 0.1) is 0 Å². The van der Waals surface area contributed by atoms with Crippen molar-refractivity contribution >= 4 is 0 Å². The van der Waals surface area contributed by atoms with Crippen LogP contribution in [0.4, 0.5) is 0 Å². The molecule has 0 unspecified atom stereocenters. The van der Waals surface area contributed by atoms with E-state index in [0.717, 1.165) is 0 Å². The van der Waals surface area contributed by atoms with Crippen LogP contribution in [0.3, 0.4) is 0 Å². The lowest BCUT2D eigenvalue weighted by Crippen LogP contribution is -4.05. The van der Waals surface area contributed by atoms with E-state index < -0.39 is 21.1 Å². The third-order valence-corrected chi connectivity index (χ3v) is 0. The molecule has 0 bridgehead atoms. The fourth-order valence-corrected chi connectivity index (χ4v) is 0. The molecule has 5 heavy (non-hydrogen) atoms. The second kappa shape index (κ2) is 4.57. The predicted octanol–water partition coefficient (Wildman–Crippen LogP) is -6.19. The average molecular weight is 193 g/mol. The Hall–Kier alpha value is 0.570. The first-order valence-corrected chi connectivity index (χ1v) is 3.11. The fraction of sp³-hybridized carbons (Fsp3) is 0. The molecule has 0 heterocycles. The zero-order valence-corrected chi connectivity index (χ0v) is 4.76. The van der Waals surface area contributed by atoms with Crippen LogP contribution in [0.25, 0.3) is 0 Å². The molecular formula is H4INO3. The van der Waals surface area contributed by atoms with Crippen molar-refractivity contribution in [3.63, 3.8) is 0 Å². The molecule has 4 N–H and O–H groups in total. The Morgan fingerprint density at radius 2 is 1.00 bits per heavy atom. The molecule has 0 aromatic carbocycles. The Balaban J connectivity index is 0. The topological polar surface area (TPSA) is 106 Å². The van der Waals surface area contributed by atoms with Gasteiger partial charge >= 0.3 is 0 Å². The van der Waals surface area contributed by atoms with Gasteiger partial charge in [-0.15, -0.1) is 0 Å². The lowest BCUT2D eigenvalue weighted by Gasteiger charge is -1.84. The first-order chi connectivity index (χ1) is 1.73. The van der Waals surface area contributed by atoms with Crippen molar-refractivity contribution in [1.29, 1.82) is 0 Å². The molecule has 0 rings (SSSR count). The Morgan fingerprint density at radius 3 is 1.00 bits per heavy atom. The van der Waals surface area contributed by atoms with E-state index in [2.05, 4.69) is 0 Å². The van der Waals surface area contributed by atoms with Crippen LogP contribution in [0, 0.1) is 0 Å². The van der Waals surface area contributed by atoms with E-state index in [1.165, 1.54) is 0 Å². The summed E-state index contributed by atoms with van der Waals surface area (Å²) in [5.41, 5.74) is 0. The van der Waals surface area contributed by atoms with E-state index in [0.29, 0.717) is 0 Å². The standard InChI is InChI=1S/IO3.H3N/c2-1(3)4;/h;1H3/q-1;/p+1. The maximum Gasteiger partial charge on any atom is 0.282 e. The van der Waals surface area contributed by atoms with Gasteiger partial charge in [0.15, 0.2) is 0 Å². The summed E-state index contributed by atoms with van der Waals surface area (Å²) < 4.78 is 25.7. The van der Waals surface area contributed by atoms with E-state index in [1.807, 2.05) is 0 Å². The second-order valence-corrected chi connectivity index (χ2v) is 1.27. The molecule has 34 valence electrons. The minimum atomic E-state index is -4.01. The Morgan fingerprint density at radius 1 is 1.00 bits per heavy atom. The number of hydrogen-bond donors (Lipinski definition) is 1. The van der Waals surface area contributed by atoms with E-state index in [1.54, 1.807) is 0 Å². The maximum absolute atomic E-state index is 8.57. The van der Waals surface area contributed by atoms with Crippen molar-refractivity contribution in [2.24, 2.45) is 0 Å². The van der Waals surface area contributed by atoms with Crippen LogP contribution in [0.15, 0.2) is 0 Å². The van der Waals surface area contributed by atoms with Crippen molar-refractivity contribution < 1.29 is 31.4 Å². The molecule has 0 aliphatic heterocycles. The average Bonchev–Trinajstić information content (AvgIpc) is 0.811. The third kappa shape index (κ3) is 92.9. The quantitative estimate of drug-likeness (QED) is 0.386. The monoisotopic (exact) mass is 193 g/mol. The summed E-state index contributed by atoms with van der Waals surface area (Å²) in [7, 11) is 0. The third-order valence-electron chi connectivity index (χ3n) is 0. The largest absolute Gasteiger partial charge is 0.427 e. The molecule has 5 heteroatoms. The lowest BCUT2D eigenvalue weighted by molar-refractivity contribution is -1.73.